The van der Waals surface area contributed by atoms with Crippen molar-refractivity contribution in [1.82, 2.24) is 4.90 Å². The van der Waals surface area contributed by atoms with Crippen LogP contribution in [0.15, 0.2) is 30.3 Å². The summed E-state index contributed by atoms with van der Waals surface area (Å²) in [5.74, 6) is 0.836. The third kappa shape index (κ3) is 4.21. The molecule has 1 aliphatic heterocycles. The molecule has 5 heteroatoms. The molecule has 0 radical (unpaired) electrons. The van der Waals surface area contributed by atoms with Gasteiger partial charge in [0.25, 0.3) is 0 Å². The van der Waals surface area contributed by atoms with Gasteiger partial charge in [-0.1, -0.05) is 18.2 Å². The maximum absolute atomic E-state index is 12.0. The molecule has 5 nitrogen and oxygen atoms in total. The third-order valence-corrected chi connectivity index (χ3v) is 3.43. The summed E-state index contributed by atoms with van der Waals surface area (Å²) in [5, 5.41) is 0. The molecule has 1 heterocycles. The van der Waals surface area contributed by atoms with Crippen LogP contribution in [-0.2, 0) is 9.53 Å². The minimum absolute atomic E-state index is 0.0256. The molecule has 2 N–H and O–H groups in total. The summed E-state index contributed by atoms with van der Waals surface area (Å²) in [4.78, 5) is 13.8. The van der Waals surface area contributed by atoms with Crippen molar-refractivity contribution in [3.05, 3.63) is 30.3 Å². The van der Waals surface area contributed by atoms with E-state index in [4.69, 9.17) is 15.2 Å². The van der Waals surface area contributed by atoms with Crippen molar-refractivity contribution in [2.24, 2.45) is 5.73 Å². The lowest BCUT2D eigenvalue weighted by Crippen LogP contribution is -2.41. The fourth-order valence-electron chi connectivity index (χ4n) is 2.39. The highest BCUT2D eigenvalue weighted by Gasteiger charge is 2.27. The lowest BCUT2D eigenvalue weighted by atomic mass is 10.2. The van der Waals surface area contributed by atoms with Crippen LogP contribution in [0.4, 0.5) is 0 Å². The van der Waals surface area contributed by atoms with E-state index in [2.05, 4.69) is 0 Å². The summed E-state index contributed by atoms with van der Waals surface area (Å²) in [6.07, 6.45) is 2.03. The second kappa shape index (κ2) is 7.87. The molecule has 110 valence electrons. The number of para-hydroxylation sites is 1. The molecule has 0 saturated carbocycles. The highest BCUT2D eigenvalue weighted by molar-refractivity contribution is 5.78. The van der Waals surface area contributed by atoms with E-state index >= 15 is 0 Å². The predicted molar refractivity (Wildman–Crippen MR) is 76.5 cm³/mol. The first-order valence-corrected chi connectivity index (χ1v) is 7.06. The van der Waals surface area contributed by atoms with Crippen LogP contribution < -0.4 is 10.5 Å². The van der Waals surface area contributed by atoms with Crippen molar-refractivity contribution in [3.8, 4) is 5.75 Å². The zero-order valence-electron chi connectivity index (χ0n) is 11.7. The van der Waals surface area contributed by atoms with Crippen molar-refractivity contribution in [2.75, 3.05) is 32.9 Å². The van der Waals surface area contributed by atoms with Crippen LogP contribution in [0.5, 0.6) is 5.75 Å². The number of nitrogens with two attached hydrogens (primary N) is 1. The second-order valence-corrected chi connectivity index (χ2v) is 4.83. The summed E-state index contributed by atoms with van der Waals surface area (Å²) in [7, 11) is 0. The first-order valence-electron chi connectivity index (χ1n) is 7.06. The third-order valence-electron chi connectivity index (χ3n) is 3.43. The van der Waals surface area contributed by atoms with Crippen molar-refractivity contribution in [2.45, 2.75) is 18.9 Å². The molecule has 1 aromatic carbocycles. The van der Waals surface area contributed by atoms with Crippen LogP contribution in [0.25, 0.3) is 0 Å². The van der Waals surface area contributed by atoms with E-state index in [1.165, 1.54) is 0 Å². The Kier molecular flexibility index (Phi) is 5.83. The van der Waals surface area contributed by atoms with E-state index < -0.39 is 0 Å². The molecule has 2 rings (SSSR count). The van der Waals surface area contributed by atoms with E-state index in [9.17, 15) is 4.79 Å². The summed E-state index contributed by atoms with van der Waals surface area (Å²) >= 11 is 0. The van der Waals surface area contributed by atoms with Crippen molar-refractivity contribution >= 4 is 5.91 Å². The molecular formula is C15H22N2O3. The van der Waals surface area contributed by atoms with Gasteiger partial charge in [-0.3, -0.25) is 4.79 Å². The van der Waals surface area contributed by atoms with E-state index in [1.54, 1.807) is 0 Å². The van der Waals surface area contributed by atoms with Gasteiger partial charge in [-0.15, -0.1) is 0 Å². The molecule has 0 aromatic heterocycles. The second-order valence-electron chi connectivity index (χ2n) is 4.83. The first kappa shape index (κ1) is 14.8. The minimum Gasteiger partial charge on any atom is -0.491 e. The van der Waals surface area contributed by atoms with Gasteiger partial charge in [0.15, 0.2) is 0 Å². The summed E-state index contributed by atoms with van der Waals surface area (Å²) < 4.78 is 10.9. The SMILES string of the molecule is NCC1CCCN1C(=O)COCCOc1ccccc1. The number of carbonyl (C=O) groups is 1. The first-order chi connectivity index (χ1) is 9.81. The average molecular weight is 278 g/mol. The zero-order chi connectivity index (χ0) is 14.2. The Balaban J connectivity index is 1.60. The summed E-state index contributed by atoms with van der Waals surface area (Å²) in [5.41, 5.74) is 5.65. The van der Waals surface area contributed by atoms with Crippen molar-refractivity contribution in [3.63, 3.8) is 0 Å². The molecule has 1 unspecified atom stereocenters. The normalized spacial score (nSPS) is 18.2. The number of carbonyl (C=O) groups excluding carboxylic acids is 1. The van der Waals surface area contributed by atoms with Crippen LogP contribution in [0.2, 0.25) is 0 Å². The van der Waals surface area contributed by atoms with Gasteiger partial charge in [0.1, 0.15) is 19.0 Å². The number of rotatable bonds is 7. The van der Waals surface area contributed by atoms with E-state index in [0.717, 1.165) is 25.1 Å². The smallest absolute Gasteiger partial charge is 0.248 e. The van der Waals surface area contributed by atoms with Gasteiger partial charge in [-0.2, -0.15) is 0 Å². The summed E-state index contributed by atoms with van der Waals surface area (Å²) in [6, 6.07) is 9.74. The van der Waals surface area contributed by atoms with Crippen LogP contribution in [-0.4, -0.2) is 49.8 Å². The molecular weight excluding hydrogens is 256 g/mol. The molecule has 1 aromatic rings. The number of likely N-dealkylation sites (tertiary alicyclic amines) is 1. The van der Waals surface area contributed by atoms with E-state index in [1.807, 2.05) is 35.2 Å². The maximum atomic E-state index is 12.0. The van der Waals surface area contributed by atoms with Gasteiger partial charge in [0, 0.05) is 19.1 Å². The Hall–Kier alpha value is -1.59. The predicted octanol–water partition coefficient (Wildman–Crippen LogP) is 1.03. The average Bonchev–Trinajstić information content (AvgIpc) is 2.96. The quantitative estimate of drug-likeness (QED) is 0.757. The van der Waals surface area contributed by atoms with Gasteiger partial charge >= 0.3 is 0 Å². The fourth-order valence-corrected chi connectivity index (χ4v) is 2.39. The Labute approximate surface area is 119 Å². The van der Waals surface area contributed by atoms with Gasteiger partial charge in [-0.05, 0) is 25.0 Å². The zero-order valence-corrected chi connectivity index (χ0v) is 11.7. The molecule has 0 bridgehead atoms. The molecule has 1 amide bonds. The molecule has 1 fully saturated rings. The lowest BCUT2D eigenvalue weighted by molar-refractivity contribution is -0.137. The Morgan fingerprint density at radius 3 is 2.85 bits per heavy atom. The monoisotopic (exact) mass is 278 g/mol. The largest absolute Gasteiger partial charge is 0.491 e. The van der Waals surface area contributed by atoms with E-state index in [0.29, 0.717) is 19.8 Å². The molecule has 1 saturated heterocycles. The van der Waals surface area contributed by atoms with Crippen molar-refractivity contribution < 1.29 is 14.3 Å². The minimum atomic E-state index is 0.0256. The maximum Gasteiger partial charge on any atom is 0.248 e. The van der Waals surface area contributed by atoms with Crippen LogP contribution in [0.1, 0.15) is 12.8 Å². The standard InChI is InChI=1S/C15H22N2O3/c16-11-13-5-4-8-17(13)15(18)12-19-9-10-20-14-6-2-1-3-7-14/h1-3,6-7,13H,4-5,8-12,16H2. The number of nitrogens with zero attached hydrogens (tertiary/aromatic N) is 1. The molecule has 0 spiro atoms. The topological polar surface area (TPSA) is 64.8 Å². The summed E-state index contributed by atoms with van der Waals surface area (Å²) in [6.45, 7) is 2.28. The molecule has 20 heavy (non-hydrogen) atoms. The van der Waals surface area contributed by atoms with Gasteiger partial charge in [0.2, 0.25) is 5.91 Å². The highest BCUT2D eigenvalue weighted by Crippen LogP contribution is 2.16. The van der Waals surface area contributed by atoms with Gasteiger partial charge in [-0.25, -0.2) is 0 Å². The van der Waals surface area contributed by atoms with Crippen molar-refractivity contribution in [1.29, 1.82) is 0 Å². The Bertz CT molecular complexity index is 411. The number of hydrogen-bond acceptors (Lipinski definition) is 4. The fraction of sp³-hybridized carbons (Fsp3) is 0.533. The van der Waals surface area contributed by atoms with Gasteiger partial charge in [0.05, 0.1) is 6.61 Å². The van der Waals surface area contributed by atoms with Gasteiger partial charge < -0.3 is 20.1 Å². The van der Waals surface area contributed by atoms with Crippen LogP contribution >= 0.6 is 0 Å². The Morgan fingerprint density at radius 2 is 2.10 bits per heavy atom. The number of hydrogen-bond donors (Lipinski definition) is 1. The number of ether oxygens (including phenoxy) is 2. The molecule has 1 atom stereocenters. The Morgan fingerprint density at radius 1 is 1.30 bits per heavy atom. The lowest BCUT2D eigenvalue weighted by Gasteiger charge is -2.23. The van der Waals surface area contributed by atoms with E-state index in [-0.39, 0.29) is 18.6 Å². The number of benzene rings is 1. The van der Waals surface area contributed by atoms with Crippen LogP contribution in [0, 0.1) is 0 Å². The molecule has 1 aliphatic rings. The number of amides is 1. The highest BCUT2D eigenvalue weighted by atomic mass is 16.5. The van der Waals surface area contributed by atoms with Crippen LogP contribution in [0.3, 0.4) is 0 Å². The molecule has 0 aliphatic carbocycles.